The summed E-state index contributed by atoms with van der Waals surface area (Å²) in [5.41, 5.74) is 6.65. The predicted octanol–water partition coefficient (Wildman–Crippen LogP) is 3.87. The summed E-state index contributed by atoms with van der Waals surface area (Å²) in [6.45, 7) is 3.57. The number of anilines is 1. The summed E-state index contributed by atoms with van der Waals surface area (Å²) in [5.74, 6) is -1.29. The second-order valence-electron chi connectivity index (χ2n) is 9.79. The van der Waals surface area contributed by atoms with Crippen LogP contribution in [0, 0.1) is 5.92 Å². The van der Waals surface area contributed by atoms with Crippen molar-refractivity contribution >= 4 is 48.2 Å². The number of carbonyl (C=O) groups is 3. The molecule has 0 saturated heterocycles. The number of Topliss-reactive ketones (excluding diaryl/α,β-unsaturated/α-hetero) is 1. The number of ketones is 1. The Morgan fingerprint density at radius 1 is 1.03 bits per heavy atom. The maximum Gasteiger partial charge on any atom is 0.249 e. The van der Waals surface area contributed by atoms with Gasteiger partial charge in [0.25, 0.3) is 0 Å². The van der Waals surface area contributed by atoms with E-state index in [2.05, 4.69) is 10.3 Å². The van der Waals surface area contributed by atoms with Gasteiger partial charge >= 0.3 is 0 Å². The van der Waals surface area contributed by atoms with Crippen molar-refractivity contribution < 1.29 is 19.1 Å². The highest BCUT2D eigenvalue weighted by atomic mass is 35.5. The van der Waals surface area contributed by atoms with Gasteiger partial charge in [-0.1, -0.05) is 60.7 Å². The van der Waals surface area contributed by atoms with Crippen LogP contribution in [-0.2, 0) is 25.7 Å². The molecule has 1 heterocycles. The van der Waals surface area contributed by atoms with Gasteiger partial charge in [-0.05, 0) is 25.0 Å². The van der Waals surface area contributed by atoms with E-state index in [1.165, 1.54) is 11.2 Å². The molecule has 212 valence electrons. The van der Waals surface area contributed by atoms with Crippen molar-refractivity contribution in [3.8, 4) is 0 Å². The molecule has 2 atom stereocenters. The molecule has 2 aromatic carbocycles. The maximum absolute atomic E-state index is 13.2. The van der Waals surface area contributed by atoms with Crippen molar-refractivity contribution in [2.45, 2.75) is 38.5 Å². The van der Waals surface area contributed by atoms with Crippen LogP contribution in [0.15, 0.2) is 73.2 Å². The first-order chi connectivity index (χ1) is 17.6. The predicted molar refractivity (Wildman–Crippen MR) is 156 cm³/mol. The van der Waals surface area contributed by atoms with E-state index in [0.29, 0.717) is 6.61 Å². The maximum atomic E-state index is 13.2. The first-order valence-electron chi connectivity index (χ1n) is 12.1. The van der Waals surface area contributed by atoms with Crippen molar-refractivity contribution in [1.82, 2.24) is 14.5 Å². The van der Waals surface area contributed by atoms with Crippen LogP contribution in [0.1, 0.15) is 37.4 Å². The van der Waals surface area contributed by atoms with E-state index in [9.17, 15) is 14.4 Å². The molecule has 3 rings (SSSR count). The van der Waals surface area contributed by atoms with Gasteiger partial charge in [0.05, 0.1) is 31.0 Å². The first-order valence-corrected chi connectivity index (χ1v) is 12.1. The topological polar surface area (TPSA) is 120 Å². The Labute approximate surface area is 241 Å². The molecule has 0 bridgehead atoms. The van der Waals surface area contributed by atoms with Gasteiger partial charge in [-0.25, -0.2) is 4.98 Å². The first kappa shape index (κ1) is 33.8. The van der Waals surface area contributed by atoms with E-state index in [-0.39, 0.29) is 55.4 Å². The number of ether oxygens (including phenoxy) is 1. The Bertz CT molecular complexity index is 1200. The molecule has 0 radical (unpaired) electrons. The summed E-state index contributed by atoms with van der Waals surface area (Å²) in [4.78, 5) is 44.6. The quantitative estimate of drug-likeness (QED) is 0.337. The second kappa shape index (κ2) is 15.4. The minimum absolute atomic E-state index is 0. The average Bonchev–Trinajstić information content (AvgIpc) is 3.31. The van der Waals surface area contributed by atoms with Gasteiger partial charge in [0.15, 0.2) is 11.6 Å². The molecular weight excluding hydrogens is 541 g/mol. The fourth-order valence-corrected chi connectivity index (χ4v) is 3.70. The standard InChI is InChI=1S/C28H35N5O4.2ClH/c1-28(2,29)23(34)15-22(18-37-17-20-11-7-5-8-12-20)26(35)31-24-16-33(19-30-24)25(27(36)32(3)4)21-13-9-6-10-14-21;;/h5-14,16,19,22,25H,15,17-18,29H2,1-4H3,(H,31,35);2*1H/t22-,25?;;/m1../s1. The van der Waals surface area contributed by atoms with Gasteiger partial charge in [0.2, 0.25) is 11.8 Å². The molecule has 0 aliphatic rings. The number of imidazole rings is 1. The molecule has 39 heavy (non-hydrogen) atoms. The Hall–Kier alpha value is -3.24. The van der Waals surface area contributed by atoms with Crippen LogP contribution in [0.5, 0.6) is 0 Å². The van der Waals surface area contributed by atoms with Gasteiger partial charge in [-0.15, -0.1) is 24.8 Å². The van der Waals surface area contributed by atoms with E-state index >= 15 is 0 Å². The van der Waals surface area contributed by atoms with Crippen molar-refractivity contribution in [3.63, 3.8) is 0 Å². The number of carbonyl (C=O) groups excluding carboxylic acids is 3. The summed E-state index contributed by atoms with van der Waals surface area (Å²) in [5, 5.41) is 2.77. The third kappa shape index (κ3) is 9.78. The fraction of sp³-hybridized carbons (Fsp3) is 0.357. The molecule has 2 amide bonds. The smallest absolute Gasteiger partial charge is 0.249 e. The van der Waals surface area contributed by atoms with Crippen LogP contribution in [-0.4, -0.2) is 58.3 Å². The zero-order valence-electron chi connectivity index (χ0n) is 22.6. The Kier molecular flexibility index (Phi) is 13.3. The lowest BCUT2D eigenvalue weighted by molar-refractivity contribution is -0.131. The van der Waals surface area contributed by atoms with Crippen molar-refractivity contribution in [3.05, 3.63) is 84.3 Å². The lowest BCUT2D eigenvalue weighted by Crippen LogP contribution is -2.44. The van der Waals surface area contributed by atoms with Crippen LogP contribution in [0.4, 0.5) is 5.82 Å². The number of aromatic nitrogens is 2. The third-order valence-electron chi connectivity index (χ3n) is 5.89. The molecule has 1 aromatic heterocycles. The number of likely N-dealkylation sites (N-methyl/N-ethyl adjacent to an activating group) is 1. The molecule has 3 aromatic rings. The SMILES string of the molecule is CN(C)C(=O)C(c1ccccc1)n1cnc(NC(=O)[C@@H](COCc2ccccc2)CC(=O)C(C)(C)N)c1.Cl.Cl. The van der Waals surface area contributed by atoms with Crippen molar-refractivity contribution in [2.75, 3.05) is 26.0 Å². The van der Waals surface area contributed by atoms with E-state index < -0.39 is 23.4 Å². The number of halogens is 2. The minimum atomic E-state index is -1.07. The number of benzene rings is 2. The largest absolute Gasteiger partial charge is 0.376 e. The second-order valence-corrected chi connectivity index (χ2v) is 9.79. The highest BCUT2D eigenvalue weighted by molar-refractivity contribution is 5.97. The molecular formula is C28H37Cl2N5O4. The number of hydrogen-bond donors (Lipinski definition) is 2. The van der Waals surface area contributed by atoms with Gasteiger partial charge in [0.1, 0.15) is 6.04 Å². The normalized spacial score (nSPS) is 12.3. The number of amides is 2. The van der Waals surface area contributed by atoms with Gasteiger partial charge in [-0.2, -0.15) is 0 Å². The van der Waals surface area contributed by atoms with Crippen LogP contribution in [0.25, 0.3) is 0 Å². The van der Waals surface area contributed by atoms with E-state index in [1.54, 1.807) is 38.7 Å². The molecule has 1 unspecified atom stereocenters. The van der Waals surface area contributed by atoms with Crippen molar-refractivity contribution in [1.29, 1.82) is 0 Å². The third-order valence-corrected chi connectivity index (χ3v) is 5.89. The van der Waals surface area contributed by atoms with Crippen LogP contribution in [0.2, 0.25) is 0 Å². The lowest BCUT2D eigenvalue weighted by atomic mass is 9.91. The molecule has 0 spiro atoms. The highest BCUT2D eigenvalue weighted by Crippen LogP contribution is 2.22. The molecule has 0 fully saturated rings. The van der Waals surface area contributed by atoms with Crippen molar-refractivity contribution in [2.24, 2.45) is 11.7 Å². The molecule has 9 nitrogen and oxygen atoms in total. The highest BCUT2D eigenvalue weighted by Gasteiger charge is 2.30. The van der Waals surface area contributed by atoms with Crippen LogP contribution >= 0.6 is 24.8 Å². The molecule has 11 heteroatoms. The van der Waals surface area contributed by atoms with E-state index in [4.69, 9.17) is 10.5 Å². The summed E-state index contributed by atoms with van der Waals surface area (Å²) in [7, 11) is 3.38. The fourth-order valence-electron chi connectivity index (χ4n) is 3.70. The molecule has 0 saturated carbocycles. The molecule has 0 aliphatic heterocycles. The summed E-state index contributed by atoms with van der Waals surface area (Å²) < 4.78 is 7.44. The lowest BCUT2D eigenvalue weighted by Gasteiger charge is -2.22. The summed E-state index contributed by atoms with van der Waals surface area (Å²) in [6, 6.07) is 18.3. The number of nitrogens with one attached hydrogen (secondary N) is 1. The Morgan fingerprint density at radius 2 is 1.62 bits per heavy atom. The van der Waals surface area contributed by atoms with E-state index in [0.717, 1.165) is 11.1 Å². The zero-order chi connectivity index (χ0) is 27.0. The van der Waals surface area contributed by atoms with Crippen LogP contribution < -0.4 is 11.1 Å². The number of rotatable bonds is 12. The number of nitrogens with zero attached hydrogens (tertiary/aromatic N) is 3. The average molecular weight is 579 g/mol. The monoisotopic (exact) mass is 577 g/mol. The number of hydrogen-bond acceptors (Lipinski definition) is 6. The van der Waals surface area contributed by atoms with Crippen LogP contribution in [0.3, 0.4) is 0 Å². The van der Waals surface area contributed by atoms with Gasteiger partial charge in [-0.3, -0.25) is 14.4 Å². The molecule has 0 aliphatic carbocycles. The van der Waals surface area contributed by atoms with Gasteiger partial charge < -0.3 is 25.3 Å². The van der Waals surface area contributed by atoms with E-state index in [1.807, 2.05) is 60.7 Å². The minimum Gasteiger partial charge on any atom is -0.376 e. The summed E-state index contributed by atoms with van der Waals surface area (Å²) in [6.07, 6.45) is 3.04. The Morgan fingerprint density at radius 3 is 2.18 bits per heavy atom. The molecule has 3 N–H and O–H groups in total. The number of nitrogens with two attached hydrogens (primary N) is 1. The zero-order valence-corrected chi connectivity index (χ0v) is 24.2. The van der Waals surface area contributed by atoms with Gasteiger partial charge in [0, 0.05) is 26.7 Å². The Balaban J connectivity index is 0.00000380. The summed E-state index contributed by atoms with van der Waals surface area (Å²) >= 11 is 0.